The van der Waals surface area contributed by atoms with E-state index in [9.17, 15) is 0 Å². The minimum atomic E-state index is 1.11. The van der Waals surface area contributed by atoms with Gasteiger partial charge in [0.05, 0.1) is 0 Å². The van der Waals surface area contributed by atoms with E-state index in [1.165, 1.54) is 96.6 Å². The summed E-state index contributed by atoms with van der Waals surface area (Å²) in [6.07, 6.45) is 0. The molecule has 1 aromatic heterocycles. The van der Waals surface area contributed by atoms with Gasteiger partial charge >= 0.3 is 0 Å². The Morgan fingerprint density at radius 2 is 0.750 bits per heavy atom. The smallest absolute Gasteiger partial charge is 0.0476 e. The molecule has 12 aromatic rings. The lowest BCUT2D eigenvalue weighted by atomic mass is 9.85. The Morgan fingerprint density at radius 3 is 1.52 bits per heavy atom. The number of fused-ring (bicyclic) bond motifs is 9. The molecule has 11 aromatic carbocycles. The highest BCUT2D eigenvalue weighted by Gasteiger charge is 2.21. The van der Waals surface area contributed by atoms with Crippen LogP contribution in [0.25, 0.3) is 96.6 Å². The molecule has 280 valence electrons. The van der Waals surface area contributed by atoms with E-state index < -0.39 is 0 Å². The SMILES string of the molecule is c1ccc(-c2c(-c3ccccc3)c3cc(N(c4ccc(-c5ccc6c(ccc7ccccc76)c5)cc4)c4ccc5c(c4)sc4ccccc45)ccc3c3ccccc23)cc1. The van der Waals surface area contributed by atoms with Gasteiger partial charge in [-0.05, 0) is 125 Å². The summed E-state index contributed by atoms with van der Waals surface area (Å²) in [5, 5.41) is 12.7. The fourth-order valence-corrected chi connectivity index (χ4v) is 10.6. The molecule has 0 amide bonds. The van der Waals surface area contributed by atoms with Crippen LogP contribution in [-0.2, 0) is 0 Å². The van der Waals surface area contributed by atoms with Crippen LogP contribution in [0.2, 0.25) is 0 Å². The van der Waals surface area contributed by atoms with Crippen LogP contribution in [0.3, 0.4) is 0 Å². The number of nitrogens with zero attached hydrogens (tertiary/aromatic N) is 1. The summed E-state index contributed by atoms with van der Waals surface area (Å²) in [4.78, 5) is 2.44. The molecule has 0 aliphatic heterocycles. The second-order valence-electron chi connectivity index (χ2n) is 15.6. The van der Waals surface area contributed by atoms with Gasteiger partial charge in [-0.1, -0.05) is 176 Å². The number of rotatable bonds is 6. The highest BCUT2D eigenvalue weighted by molar-refractivity contribution is 7.25. The molecule has 0 radical (unpaired) electrons. The molecule has 1 nitrogen and oxygen atoms in total. The maximum Gasteiger partial charge on any atom is 0.0476 e. The lowest BCUT2D eigenvalue weighted by molar-refractivity contribution is 1.30. The van der Waals surface area contributed by atoms with E-state index in [-0.39, 0.29) is 0 Å². The van der Waals surface area contributed by atoms with Crippen LogP contribution in [0.1, 0.15) is 0 Å². The molecule has 0 spiro atoms. The number of thiophene rings is 1. The Bertz CT molecular complexity index is 3590. The molecule has 12 rings (SSSR count). The topological polar surface area (TPSA) is 3.24 Å². The van der Waals surface area contributed by atoms with Crippen molar-refractivity contribution in [2.24, 2.45) is 0 Å². The molecule has 1 heterocycles. The van der Waals surface area contributed by atoms with Crippen molar-refractivity contribution in [3.63, 3.8) is 0 Å². The standard InChI is InChI=1S/C58H37NS/c1-3-14-40(15-4-1)57-53-21-10-9-19-49(53)50-33-30-45(36-54(50)58(57)41-16-5-2-6-17-41)59(46-31-34-52-51-20-11-12-22-55(51)60-56(52)37-46)44-28-25-38(26-29-44)42-27-32-48-43(35-42)24-23-39-13-7-8-18-47(39)48/h1-37H. The van der Waals surface area contributed by atoms with Crippen LogP contribution in [0, 0.1) is 0 Å². The van der Waals surface area contributed by atoms with E-state index in [4.69, 9.17) is 0 Å². The van der Waals surface area contributed by atoms with Crippen LogP contribution in [0.15, 0.2) is 224 Å². The van der Waals surface area contributed by atoms with Crippen molar-refractivity contribution in [2.75, 3.05) is 4.90 Å². The molecular weight excluding hydrogens is 743 g/mol. The summed E-state index contributed by atoms with van der Waals surface area (Å²) in [5.74, 6) is 0. The highest BCUT2D eigenvalue weighted by atomic mass is 32.1. The van der Waals surface area contributed by atoms with Gasteiger partial charge in [0.1, 0.15) is 0 Å². The molecule has 0 aliphatic carbocycles. The van der Waals surface area contributed by atoms with Crippen molar-refractivity contribution in [3.8, 4) is 33.4 Å². The third-order valence-electron chi connectivity index (χ3n) is 12.2. The van der Waals surface area contributed by atoms with Gasteiger partial charge in [-0.15, -0.1) is 11.3 Å². The minimum Gasteiger partial charge on any atom is -0.310 e. The Balaban J connectivity index is 1.07. The molecule has 0 fully saturated rings. The monoisotopic (exact) mass is 779 g/mol. The van der Waals surface area contributed by atoms with E-state index in [1.807, 2.05) is 11.3 Å². The molecule has 0 atom stereocenters. The van der Waals surface area contributed by atoms with Crippen molar-refractivity contribution in [2.45, 2.75) is 0 Å². The second kappa shape index (κ2) is 14.1. The molecular formula is C58H37NS. The number of hydrogen-bond acceptors (Lipinski definition) is 2. The summed E-state index contributed by atoms with van der Waals surface area (Å²) in [6.45, 7) is 0. The normalized spacial score (nSPS) is 11.7. The molecule has 0 saturated carbocycles. The van der Waals surface area contributed by atoms with E-state index in [0.29, 0.717) is 0 Å². The van der Waals surface area contributed by atoms with Crippen LogP contribution < -0.4 is 4.90 Å². The van der Waals surface area contributed by atoms with Crippen LogP contribution >= 0.6 is 11.3 Å². The number of hydrogen-bond donors (Lipinski definition) is 0. The average molecular weight is 780 g/mol. The van der Waals surface area contributed by atoms with Crippen molar-refractivity contribution in [1.29, 1.82) is 0 Å². The van der Waals surface area contributed by atoms with Crippen molar-refractivity contribution < 1.29 is 0 Å². The quantitative estimate of drug-likeness (QED) is 0.152. The summed E-state index contributed by atoms with van der Waals surface area (Å²) in [5.41, 5.74) is 10.7. The van der Waals surface area contributed by atoms with Gasteiger partial charge in [0.25, 0.3) is 0 Å². The minimum absolute atomic E-state index is 1.11. The molecule has 60 heavy (non-hydrogen) atoms. The van der Waals surface area contributed by atoms with Crippen molar-refractivity contribution in [3.05, 3.63) is 224 Å². The van der Waals surface area contributed by atoms with Crippen LogP contribution in [-0.4, -0.2) is 0 Å². The van der Waals surface area contributed by atoms with Gasteiger partial charge in [-0.2, -0.15) is 0 Å². The van der Waals surface area contributed by atoms with Crippen LogP contribution in [0.4, 0.5) is 17.1 Å². The van der Waals surface area contributed by atoms with E-state index in [0.717, 1.165) is 17.1 Å². The summed E-state index contributed by atoms with van der Waals surface area (Å²) >= 11 is 1.86. The predicted molar refractivity (Wildman–Crippen MR) is 260 cm³/mol. The Hall–Kier alpha value is -7.52. The summed E-state index contributed by atoms with van der Waals surface area (Å²) < 4.78 is 2.59. The first-order valence-corrected chi connectivity index (χ1v) is 21.4. The molecule has 2 heteroatoms. The molecule has 0 unspecified atom stereocenters. The zero-order valence-electron chi connectivity index (χ0n) is 32.7. The molecule has 0 bridgehead atoms. The van der Waals surface area contributed by atoms with Crippen molar-refractivity contribution >= 4 is 91.7 Å². The first-order valence-electron chi connectivity index (χ1n) is 20.6. The average Bonchev–Trinajstić information content (AvgIpc) is 3.70. The summed E-state index contributed by atoms with van der Waals surface area (Å²) in [7, 11) is 0. The van der Waals surface area contributed by atoms with Gasteiger partial charge < -0.3 is 4.90 Å². The Kier molecular flexibility index (Phi) is 8.11. The third-order valence-corrected chi connectivity index (χ3v) is 13.4. The van der Waals surface area contributed by atoms with Crippen LogP contribution in [0.5, 0.6) is 0 Å². The zero-order valence-corrected chi connectivity index (χ0v) is 33.5. The fourth-order valence-electron chi connectivity index (χ4n) is 9.42. The Morgan fingerprint density at radius 1 is 0.250 bits per heavy atom. The predicted octanol–water partition coefficient (Wildman–Crippen LogP) is 17.1. The maximum atomic E-state index is 2.44. The number of anilines is 3. The second-order valence-corrected chi connectivity index (χ2v) is 16.7. The molecule has 0 N–H and O–H groups in total. The van der Waals surface area contributed by atoms with Gasteiger partial charge in [-0.25, -0.2) is 0 Å². The third kappa shape index (κ3) is 5.68. The number of benzene rings is 11. The summed E-state index contributed by atoms with van der Waals surface area (Å²) in [6, 6.07) is 82.6. The van der Waals surface area contributed by atoms with Gasteiger partial charge in [0, 0.05) is 37.2 Å². The maximum absolute atomic E-state index is 2.44. The largest absolute Gasteiger partial charge is 0.310 e. The van der Waals surface area contributed by atoms with Gasteiger partial charge in [-0.3, -0.25) is 0 Å². The van der Waals surface area contributed by atoms with Gasteiger partial charge in [0.15, 0.2) is 0 Å². The van der Waals surface area contributed by atoms with Gasteiger partial charge in [0.2, 0.25) is 0 Å². The first kappa shape index (κ1) is 34.5. The fraction of sp³-hybridized carbons (Fsp3) is 0. The lowest BCUT2D eigenvalue weighted by Crippen LogP contribution is -2.10. The highest BCUT2D eigenvalue weighted by Crippen LogP contribution is 2.48. The van der Waals surface area contributed by atoms with E-state index >= 15 is 0 Å². The molecule has 0 saturated heterocycles. The van der Waals surface area contributed by atoms with E-state index in [1.54, 1.807) is 0 Å². The molecule has 0 aliphatic rings. The van der Waals surface area contributed by atoms with E-state index in [2.05, 4.69) is 229 Å². The first-order chi connectivity index (χ1) is 29.7. The lowest BCUT2D eigenvalue weighted by Gasteiger charge is -2.27. The zero-order chi connectivity index (χ0) is 39.6. The van der Waals surface area contributed by atoms with Crippen molar-refractivity contribution in [1.82, 2.24) is 0 Å². The Labute approximate surface area is 352 Å².